The summed E-state index contributed by atoms with van der Waals surface area (Å²) in [7, 11) is 0. The highest BCUT2D eigenvalue weighted by Crippen LogP contribution is 2.31. The molecule has 0 aliphatic heterocycles. The van der Waals surface area contributed by atoms with Gasteiger partial charge in [-0.25, -0.2) is 0 Å². The third-order valence-corrected chi connectivity index (χ3v) is 5.72. The van der Waals surface area contributed by atoms with Gasteiger partial charge in [-0.15, -0.1) is 0 Å². The van der Waals surface area contributed by atoms with Crippen molar-refractivity contribution < 1.29 is 27.2 Å². The normalized spacial score (nSPS) is 13.5. The number of furan rings is 1. The summed E-state index contributed by atoms with van der Waals surface area (Å²) in [6.45, 7) is 2.25. The lowest BCUT2D eigenvalue weighted by Crippen LogP contribution is -2.43. The molecule has 0 radical (unpaired) electrons. The zero-order valence-corrected chi connectivity index (χ0v) is 18.7. The Morgan fingerprint density at radius 2 is 1.62 bits per heavy atom. The second kappa shape index (κ2) is 9.75. The molecule has 1 aliphatic carbocycles. The van der Waals surface area contributed by atoms with Gasteiger partial charge in [-0.3, -0.25) is 9.59 Å². The molecule has 2 amide bonds. The fraction of sp³-hybridized carbons (Fsp3) is 0.308. The average Bonchev–Trinajstić information content (AvgIpc) is 3.58. The van der Waals surface area contributed by atoms with Gasteiger partial charge in [-0.1, -0.05) is 30.3 Å². The summed E-state index contributed by atoms with van der Waals surface area (Å²) in [5.74, 6) is 0.663. The molecule has 1 aliphatic rings. The van der Waals surface area contributed by atoms with E-state index in [1.54, 1.807) is 4.90 Å². The number of halogens is 3. The number of aryl methyl sites for hydroxylation is 1. The smallest absolute Gasteiger partial charge is 0.416 e. The number of rotatable bonds is 8. The SMILES string of the molecule is Cc1ccc(CN(Cc2ccccc2)C(=O)CN(C(=O)c2ccc(C(F)(F)F)cc2)C2CC2)o1. The Hall–Kier alpha value is -3.55. The van der Waals surface area contributed by atoms with Gasteiger partial charge in [0.05, 0.1) is 12.1 Å². The third-order valence-electron chi connectivity index (χ3n) is 5.72. The topological polar surface area (TPSA) is 53.8 Å². The summed E-state index contributed by atoms with van der Waals surface area (Å²) in [6, 6.07) is 17.2. The Morgan fingerprint density at radius 3 is 2.18 bits per heavy atom. The van der Waals surface area contributed by atoms with E-state index in [1.165, 1.54) is 17.0 Å². The van der Waals surface area contributed by atoms with E-state index in [1.807, 2.05) is 49.4 Å². The van der Waals surface area contributed by atoms with E-state index in [4.69, 9.17) is 4.42 Å². The van der Waals surface area contributed by atoms with Crippen molar-refractivity contribution in [3.05, 3.63) is 94.9 Å². The van der Waals surface area contributed by atoms with E-state index in [0.717, 1.165) is 36.3 Å². The minimum absolute atomic E-state index is 0.0943. The Morgan fingerprint density at radius 1 is 0.941 bits per heavy atom. The molecule has 0 bridgehead atoms. The molecule has 5 nitrogen and oxygen atoms in total. The fourth-order valence-corrected chi connectivity index (χ4v) is 3.76. The summed E-state index contributed by atoms with van der Waals surface area (Å²) in [6.07, 6.45) is -2.96. The van der Waals surface area contributed by atoms with Crippen molar-refractivity contribution in [3.8, 4) is 0 Å². The maximum atomic E-state index is 13.4. The second-order valence-electron chi connectivity index (χ2n) is 8.49. The molecular formula is C26H25F3N2O3. The van der Waals surface area contributed by atoms with Gasteiger partial charge in [0.25, 0.3) is 5.91 Å². The van der Waals surface area contributed by atoms with E-state index in [2.05, 4.69) is 0 Å². The number of nitrogens with zero attached hydrogens (tertiary/aromatic N) is 2. The summed E-state index contributed by atoms with van der Waals surface area (Å²) < 4.78 is 44.3. The average molecular weight is 470 g/mol. The predicted molar refractivity (Wildman–Crippen MR) is 120 cm³/mol. The largest absolute Gasteiger partial charge is 0.464 e. The minimum atomic E-state index is -4.48. The van der Waals surface area contributed by atoms with Gasteiger partial charge in [0.2, 0.25) is 5.91 Å². The number of benzene rings is 2. The Kier molecular flexibility index (Phi) is 6.77. The first-order chi connectivity index (χ1) is 16.2. The van der Waals surface area contributed by atoms with E-state index in [9.17, 15) is 22.8 Å². The third kappa shape index (κ3) is 5.87. The van der Waals surface area contributed by atoms with Crippen LogP contribution in [0.5, 0.6) is 0 Å². The molecule has 3 aromatic rings. The van der Waals surface area contributed by atoms with Crippen LogP contribution in [0.1, 0.15) is 45.8 Å². The molecule has 4 rings (SSSR count). The van der Waals surface area contributed by atoms with E-state index < -0.39 is 17.6 Å². The maximum Gasteiger partial charge on any atom is 0.416 e. The van der Waals surface area contributed by atoms with Crippen LogP contribution < -0.4 is 0 Å². The Labute approximate surface area is 195 Å². The summed E-state index contributed by atoms with van der Waals surface area (Å²) in [4.78, 5) is 29.6. The van der Waals surface area contributed by atoms with Gasteiger partial charge < -0.3 is 14.2 Å². The lowest BCUT2D eigenvalue weighted by Gasteiger charge is -2.27. The molecule has 0 spiro atoms. The maximum absolute atomic E-state index is 13.4. The number of carbonyl (C=O) groups is 2. The van der Waals surface area contributed by atoms with E-state index in [-0.39, 0.29) is 30.6 Å². The molecule has 2 aromatic carbocycles. The molecule has 8 heteroatoms. The van der Waals surface area contributed by atoms with Crippen molar-refractivity contribution in [3.63, 3.8) is 0 Å². The van der Waals surface area contributed by atoms with Gasteiger partial charge in [0.15, 0.2) is 0 Å². The van der Waals surface area contributed by atoms with Gasteiger partial charge in [0, 0.05) is 18.2 Å². The van der Waals surface area contributed by atoms with Crippen LogP contribution in [0, 0.1) is 6.92 Å². The van der Waals surface area contributed by atoms with Crippen molar-refractivity contribution in [2.75, 3.05) is 6.54 Å². The van der Waals surface area contributed by atoms with Crippen LogP contribution in [0.3, 0.4) is 0 Å². The molecule has 0 unspecified atom stereocenters. The van der Waals surface area contributed by atoms with Crippen molar-refractivity contribution in [2.45, 2.75) is 45.1 Å². The Balaban J connectivity index is 1.52. The number of amides is 2. The molecule has 178 valence electrons. The Bertz CT molecular complexity index is 1140. The molecular weight excluding hydrogens is 445 g/mol. The predicted octanol–water partition coefficient (Wildman–Crippen LogP) is 5.44. The first kappa shape index (κ1) is 23.6. The summed E-state index contributed by atoms with van der Waals surface area (Å²) >= 11 is 0. The molecule has 1 aromatic heterocycles. The monoisotopic (exact) mass is 470 g/mol. The van der Waals surface area contributed by atoms with Gasteiger partial charge in [-0.2, -0.15) is 13.2 Å². The minimum Gasteiger partial charge on any atom is -0.464 e. The van der Waals surface area contributed by atoms with E-state index in [0.29, 0.717) is 12.3 Å². The van der Waals surface area contributed by atoms with Crippen LogP contribution in [0.25, 0.3) is 0 Å². The van der Waals surface area contributed by atoms with Gasteiger partial charge in [0.1, 0.15) is 18.1 Å². The van der Waals surface area contributed by atoms with Crippen molar-refractivity contribution in [1.29, 1.82) is 0 Å². The molecule has 0 N–H and O–H groups in total. The van der Waals surface area contributed by atoms with Crippen molar-refractivity contribution in [1.82, 2.24) is 9.80 Å². The zero-order chi connectivity index (χ0) is 24.3. The van der Waals surface area contributed by atoms with E-state index >= 15 is 0 Å². The molecule has 1 saturated carbocycles. The molecule has 0 saturated heterocycles. The highest BCUT2D eigenvalue weighted by atomic mass is 19.4. The standard InChI is InChI=1S/C26H25F3N2O3/c1-18-7-14-23(34-18)16-30(15-19-5-3-2-4-6-19)24(32)17-31(22-12-13-22)25(33)20-8-10-21(11-9-20)26(27,28)29/h2-11,14,22H,12-13,15-17H2,1H3. The second-order valence-corrected chi connectivity index (χ2v) is 8.49. The summed E-state index contributed by atoms with van der Waals surface area (Å²) in [5.41, 5.74) is 0.246. The van der Waals surface area contributed by atoms with Crippen LogP contribution in [0.4, 0.5) is 13.2 Å². The van der Waals surface area contributed by atoms with Crippen LogP contribution >= 0.6 is 0 Å². The highest BCUT2D eigenvalue weighted by molar-refractivity contribution is 5.97. The first-order valence-corrected chi connectivity index (χ1v) is 11.1. The first-order valence-electron chi connectivity index (χ1n) is 11.1. The highest BCUT2D eigenvalue weighted by Gasteiger charge is 2.36. The number of hydrogen-bond acceptors (Lipinski definition) is 3. The van der Waals surface area contributed by atoms with Crippen LogP contribution in [0.15, 0.2) is 71.1 Å². The lowest BCUT2D eigenvalue weighted by molar-refractivity contribution is -0.137. The van der Waals surface area contributed by atoms with Gasteiger partial charge in [-0.05, 0) is 61.7 Å². The lowest BCUT2D eigenvalue weighted by atomic mass is 10.1. The molecule has 1 fully saturated rings. The van der Waals surface area contributed by atoms with Crippen LogP contribution in [-0.2, 0) is 24.1 Å². The molecule has 34 heavy (non-hydrogen) atoms. The van der Waals surface area contributed by atoms with Gasteiger partial charge >= 0.3 is 6.18 Å². The summed E-state index contributed by atoms with van der Waals surface area (Å²) in [5, 5.41) is 0. The van der Waals surface area contributed by atoms with Crippen LogP contribution in [0.2, 0.25) is 0 Å². The molecule has 0 atom stereocenters. The quantitative estimate of drug-likeness (QED) is 0.441. The number of alkyl halides is 3. The van der Waals surface area contributed by atoms with Crippen molar-refractivity contribution >= 4 is 11.8 Å². The molecule has 1 heterocycles. The fourth-order valence-electron chi connectivity index (χ4n) is 3.76. The number of carbonyl (C=O) groups excluding carboxylic acids is 2. The van der Waals surface area contributed by atoms with Crippen molar-refractivity contribution in [2.24, 2.45) is 0 Å². The number of hydrogen-bond donors (Lipinski definition) is 0. The van der Waals surface area contributed by atoms with Crippen LogP contribution in [-0.4, -0.2) is 34.2 Å². The zero-order valence-electron chi connectivity index (χ0n) is 18.7.